The Morgan fingerprint density at radius 2 is 1.58 bits per heavy atom. The van der Waals surface area contributed by atoms with E-state index in [9.17, 15) is 18.0 Å². The second-order valence-corrected chi connectivity index (χ2v) is 10.9. The molecule has 1 aliphatic carbocycles. The summed E-state index contributed by atoms with van der Waals surface area (Å²) in [5, 5.41) is 0. The molecule has 8 heteroatoms. The Morgan fingerprint density at radius 1 is 0.909 bits per heavy atom. The van der Waals surface area contributed by atoms with Crippen molar-refractivity contribution in [2.24, 2.45) is 10.9 Å². The molecular formula is C25H31N3O4S. The topological polar surface area (TPSA) is 88.8 Å². The van der Waals surface area contributed by atoms with Crippen LogP contribution in [0.25, 0.3) is 0 Å². The highest BCUT2D eigenvalue weighted by atomic mass is 32.2. The lowest BCUT2D eigenvalue weighted by Crippen LogP contribution is -2.42. The highest BCUT2D eigenvalue weighted by molar-refractivity contribution is 7.89. The summed E-state index contributed by atoms with van der Waals surface area (Å²) in [6, 6.07) is 11.9. The van der Waals surface area contributed by atoms with Crippen LogP contribution in [-0.2, 0) is 10.0 Å². The number of nitrogens with zero attached hydrogens (tertiary/aromatic N) is 3. The van der Waals surface area contributed by atoms with Crippen LogP contribution in [0.4, 0.5) is 0 Å². The van der Waals surface area contributed by atoms with Gasteiger partial charge in [-0.2, -0.15) is 4.31 Å². The van der Waals surface area contributed by atoms with Crippen LogP contribution in [0.5, 0.6) is 0 Å². The Morgan fingerprint density at radius 3 is 2.21 bits per heavy atom. The van der Waals surface area contributed by atoms with Gasteiger partial charge in [0.15, 0.2) is 5.78 Å². The number of Topliss-reactive ketones (excluding diaryl/α,β-unsaturated/α-hetero) is 1. The van der Waals surface area contributed by atoms with Crippen LogP contribution in [0.1, 0.15) is 67.0 Å². The van der Waals surface area contributed by atoms with E-state index in [4.69, 9.17) is 4.99 Å². The number of piperidine rings is 1. The van der Waals surface area contributed by atoms with Crippen LogP contribution in [0, 0.1) is 5.92 Å². The third-order valence-electron chi connectivity index (χ3n) is 6.67. The number of pyridine rings is 1. The number of hydrogen-bond donors (Lipinski definition) is 0. The number of aromatic nitrogens is 1. The maximum absolute atomic E-state index is 13.3. The normalized spacial score (nSPS) is 19.5. The van der Waals surface area contributed by atoms with Crippen LogP contribution in [0.2, 0.25) is 0 Å². The highest BCUT2D eigenvalue weighted by Gasteiger charge is 2.32. The molecule has 2 aromatic rings. The van der Waals surface area contributed by atoms with E-state index >= 15 is 0 Å². The quantitative estimate of drug-likeness (QED) is 0.625. The molecule has 1 aromatic heterocycles. The van der Waals surface area contributed by atoms with Crippen molar-refractivity contribution in [1.29, 1.82) is 0 Å². The SMILES string of the molecule is CC(=O)c1ccc(S(=O)(=O)N2CCC(C(=O)n3ccccc3=NC3CCCCC3)CC2)cc1. The Balaban J connectivity index is 1.45. The molecule has 2 heterocycles. The number of rotatable bonds is 5. The lowest BCUT2D eigenvalue weighted by atomic mass is 9.96. The molecule has 33 heavy (non-hydrogen) atoms. The zero-order valence-electron chi connectivity index (χ0n) is 19.0. The van der Waals surface area contributed by atoms with Crippen molar-refractivity contribution < 1.29 is 18.0 Å². The van der Waals surface area contributed by atoms with Gasteiger partial charge < -0.3 is 0 Å². The summed E-state index contributed by atoms with van der Waals surface area (Å²) in [4.78, 5) is 29.8. The van der Waals surface area contributed by atoms with Gasteiger partial charge in [-0.3, -0.25) is 19.1 Å². The number of hydrogen-bond acceptors (Lipinski definition) is 5. The Kier molecular flexibility index (Phi) is 7.24. The van der Waals surface area contributed by atoms with E-state index in [-0.39, 0.29) is 41.6 Å². The summed E-state index contributed by atoms with van der Waals surface area (Å²) in [5.41, 5.74) is 1.17. The molecule has 0 bridgehead atoms. The Hall–Kier alpha value is -2.58. The molecule has 2 aliphatic rings. The maximum atomic E-state index is 13.3. The third-order valence-corrected chi connectivity index (χ3v) is 8.58. The molecule has 0 spiro atoms. The average Bonchev–Trinajstić information content (AvgIpc) is 2.85. The molecule has 1 saturated carbocycles. The molecule has 4 rings (SSSR count). The van der Waals surface area contributed by atoms with Crippen LogP contribution in [0.15, 0.2) is 58.5 Å². The van der Waals surface area contributed by atoms with E-state index in [1.165, 1.54) is 54.8 Å². The van der Waals surface area contributed by atoms with Gasteiger partial charge in [-0.25, -0.2) is 8.42 Å². The van der Waals surface area contributed by atoms with Crippen molar-refractivity contribution >= 4 is 21.7 Å². The summed E-state index contributed by atoms with van der Waals surface area (Å²) < 4.78 is 29.1. The molecule has 0 atom stereocenters. The minimum Gasteiger partial charge on any atom is -0.295 e. The largest absolute Gasteiger partial charge is 0.295 e. The number of carbonyl (C=O) groups excluding carboxylic acids is 2. The van der Waals surface area contributed by atoms with E-state index in [2.05, 4.69) is 0 Å². The van der Waals surface area contributed by atoms with E-state index in [1.807, 2.05) is 18.2 Å². The molecule has 2 fully saturated rings. The van der Waals surface area contributed by atoms with E-state index in [1.54, 1.807) is 10.8 Å². The first-order chi connectivity index (χ1) is 15.9. The van der Waals surface area contributed by atoms with Crippen LogP contribution >= 0.6 is 0 Å². The van der Waals surface area contributed by atoms with Gasteiger partial charge in [0.05, 0.1) is 10.9 Å². The van der Waals surface area contributed by atoms with Gasteiger partial charge in [0.2, 0.25) is 15.9 Å². The molecule has 0 radical (unpaired) electrons. The molecule has 1 aromatic carbocycles. The molecule has 0 N–H and O–H groups in total. The number of carbonyl (C=O) groups is 2. The minimum absolute atomic E-state index is 0.0204. The van der Waals surface area contributed by atoms with Gasteiger partial charge in [-0.05, 0) is 56.9 Å². The van der Waals surface area contributed by atoms with Crippen molar-refractivity contribution in [3.63, 3.8) is 0 Å². The molecular weight excluding hydrogens is 438 g/mol. The third kappa shape index (κ3) is 5.33. The van der Waals surface area contributed by atoms with Gasteiger partial charge in [-0.1, -0.05) is 37.5 Å². The standard InChI is InChI=1S/C25H31N3O4S/c1-19(29)20-10-12-23(13-11-20)33(31,32)27-17-14-21(15-18-27)25(30)28-16-6-5-9-24(28)26-22-7-3-2-4-8-22/h5-6,9-13,16,21-22H,2-4,7-8,14-15,17-18H2,1H3. The summed E-state index contributed by atoms with van der Waals surface area (Å²) in [7, 11) is -3.66. The first-order valence-electron chi connectivity index (χ1n) is 11.7. The second kappa shape index (κ2) is 10.1. The summed E-state index contributed by atoms with van der Waals surface area (Å²) in [6.45, 7) is 2.02. The smallest absolute Gasteiger partial charge is 0.243 e. The highest BCUT2D eigenvalue weighted by Crippen LogP contribution is 2.25. The predicted octanol–water partition coefficient (Wildman–Crippen LogP) is 3.67. The zero-order chi connectivity index (χ0) is 23.4. The van der Waals surface area contributed by atoms with Crippen LogP contribution in [-0.4, -0.2) is 48.1 Å². The minimum atomic E-state index is -3.66. The van der Waals surface area contributed by atoms with Gasteiger partial charge in [0.1, 0.15) is 5.49 Å². The van der Waals surface area contributed by atoms with Gasteiger partial charge >= 0.3 is 0 Å². The monoisotopic (exact) mass is 469 g/mol. The fourth-order valence-corrected chi connectivity index (χ4v) is 6.14. The number of ketones is 1. The molecule has 0 unspecified atom stereocenters. The van der Waals surface area contributed by atoms with Crippen LogP contribution < -0.4 is 5.49 Å². The van der Waals surface area contributed by atoms with Gasteiger partial charge in [0.25, 0.3) is 0 Å². The van der Waals surface area contributed by atoms with Gasteiger partial charge in [0, 0.05) is 30.8 Å². The number of benzene rings is 1. The summed E-state index contributed by atoms with van der Waals surface area (Å²) in [5.74, 6) is -0.372. The zero-order valence-corrected chi connectivity index (χ0v) is 19.8. The van der Waals surface area contributed by atoms with Crippen molar-refractivity contribution in [1.82, 2.24) is 8.87 Å². The summed E-state index contributed by atoms with van der Waals surface area (Å²) >= 11 is 0. The van der Waals surface area contributed by atoms with Crippen molar-refractivity contribution in [2.75, 3.05) is 13.1 Å². The average molecular weight is 470 g/mol. The van der Waals surface area contributed by atoms with E-state index in [0.29, 0.717) is 23.9 Å². The van der Waals surface area contributed by atoms with Crippen molar-refractivity contribution in [3.05, 3.63) is 59.7 Å². The molecule has 1 saturated heterocycles. The number of sulfonamides is 1. The van der Waals surface area contributed by atoms with Crippen molar-refractivity contribution in [3.8, 4) is 0 Å². The predicted molar refractivity (Wildman–Crippen MR) is 125 cm³/mol. The Bertz CT molecular complexity index is 1170. The molecule has 7 nitrogen and oxygen atoms in total. The first-order valence-corrected chi connectivity index (χ1v) is 13.2. The molecule has 176 valence electrons. The first kappa shape index (κ1) is 23.6. The second-order valence-electron chi connectivity index (χ2n) is 8.95. The van der Waals surface area contributed by atoms with E-state index in [0.717, 1.165) is 12.8 Å². The van der Waals surface area contributed by atoms with E-state index < -0.39 is 10.0 Å². The fourth-order valence-electron chi connectivity index (χ4n) is 4.67. The lowest BCUT2D eigenvalue weighted by molar-refractivity contribution is 0.0780. The maximum Gasteiger partial charge on any atom is 0.243 e. The summed E-state index contributed by atoms with van der Waals surface area (Å²) in [6.07, 6.45) is 8.44. The van der Waals surface area contributed by atoms with Gasteiger partial charge in [-0.15, -0.1) is 0 Å². The lowest BCUT2D eigenvalue weighted by Gasteiger charge is -2.30. The fraction of sp³-hybridized carbons (Fsp3) is 0.480. The van der Waals surface area contributed by atoms with Crippen molar-refractivity contribution in [2.45, 2.75) is 62.8 Å². The molecule has 1 aliphatic heterocycles. The molecule has 0 amide bonds. The van der Waals surface area contributed by atoms with Crippen LogP contribution in [0.3, 0.4) is 0 Å². The Labute approximate surface area is 195 Å².